The van der Waals surface area contributed by atoms with E-state index >= 15 is 0 Å². The molecule has 0 atom stereocenters. The van der Waals surface area contributed by atoms with Crippen molar-refractivity contribution in [3.8, 4) is 0 Å². The summed E-state index contributed by atoms with van der Waals surface area (Å²) >= 11 is 1.67. The first-order valence-corrected chi connectivity index (χ1v) is 10.7. The summed E-state index contributed by atoms with van der Waals surface area (Å²) in [5, 5.41) is 3.84. The summed E-state index contributed by atoms with van der Waals surface area (Å²) in [5.74, 6) is 1.01. The molecule has 0 spiro atoms. The predicted octanol–water partition coefficient (Wildman–Crippen LogP) is 3.78. The minimum absolute atomic E-state index is 0.160. The van der Waals surface area contributed by atoms with Gasteiger partial charge in [0.15, 0.2) is 0 Å². The van der Waals surface area contributed by atoms with Crippen molar-refractivity contribution < 1.29 is 9.59 Å². The standard InChI is InChI=1S/C21H24N4O2S/c26-19(24-11-2-1-3-12-24)15-16-6-8-17(9-7-16)23-21(27)25-13-14-28-20-18(25)5-4-10-22-20/h4-10H,1-3,11-15H2,(H,23,27). The number of amides is 3. The summed E-state index contributed by atoms with van der Waals surface area (Å²) in [6.07, 6.45) is 5.58. The minimum Gasteiger partial charge on any atom is -0.342 e. The van der Waals surface area contributed by atoms with E-state index in [1.807, 2.05) is 41.3 Å². The van der Waals surface area contributed by atoms with Gasteiger partial charge < -0.3 is 10.2 Å². The Bertz CT molecular complexity index is 850. The van der Waals surface area contributed by atoms with Gasteiger partial charge in [-0.3, -0.25) is 9.69 Å². The molecule has 1 aromatic carbocycles. The van der Waals surface area contributed by atoms with Crippen LogP contribution in [0.3, 0.4) is 0 Å². The van der Waals surface area contributed by atoms with E-state index in [9.17, 15) is 9.59 Å². The Morgan fingerprint density at radius 2 is 1.82 bits per heavy atom. The molecule has 2 aromatic rings. The van der Waals surface area contributed by atoms with Crippen molar-refractivity contribution in [3.05, 3.63) is 48.2 Å². The molecule has 0 saturated carbocycles. The quantitative estimate of drug-likeness (QED) is 0.857. The largest absolute Gasteiger partial charge is 0.342 e. The topological polar surface area (TPSA) is 65.5 Å². The smallest absolute Gasteiger partial charge is 0.326 e. The molecule has 1 aromatic heterocycles. The Morgan fingerprint density at radius 3 is 2.61 bits per heavy atom. The monoisotopic (exact) mass is 396 g/mol. The number of nitrogens with zero attached hydrogens (tertiary/aromatic N) is 3. The lowest BCUT2D eigenvalue weighted by Gasteiger charge is -2.28. The van der Waals surface area contributed by atoms with Crippen molar-refractivity contribution in [3.63, 3.8) is 0 Å². The van der Waals surface area contributed by atoms with Crippen molar-refractivity contribution in [2.24, 2.45) is 0 Å². The van der Waals surface area contributed by atoms with Crippen LogP contribution in [-0.2, 0) is 11.2 Å². The Morgan fingerprint density at radius 1 is 1.04 bits per heavy atom. The lowest BCUT2D eigenvalue weighted by Crippen LogP contribution is -2.38. The SMILES string of the molecule is O=C(Cc1ccc(NC(=O)N2CCSc3ncccc32)cc1)N1CCCCC1. The number of likely N-dealkylation sites (tertiary alicyclic amines) is 1. The summed E-state index contributed by atoms with van der Waals surface area (Å²) in [5.41, 5.74) is 2.54. The average Bonchev–Trinajstić information content (AvgIpc) is 2.75. The van der Waals surface area contributed by atoms with Crippen LogP contribution in [0.25, 0.3) is 0 Å². The first-order valence-electron chi connectivity index (χ1n) is 9.74. The Kier molecular flexibility index (Phi) is 5.81. The number of fused-ring (bicyclic) bond motifs is 1. The van der Waals surface area contributed by atoms with Crippen LogP contribution in [0.2, 0.25) is 0 Å². The summed E-state index contributed by atoms with van der Waals surface area (Å²) in [7, 11) is 0. The Hall–Kier alpha value is -2.54. The van der Waals surface area contributed by atoms with Crippen molar-refractivity contribution in [2.45, 2.75) is 30.7 Å². The summed E-state index contributed by atoms with van der Waals surface area (Å²) < 4.78 is 0. The fourth-order valence-corrected chi connectivity index (χ4v) is 4.52. The number of carbonyl (C=O) groups excluding carboxylic acids is 2. The van der Waals surface area contributed by atoms with E-state index in [1.54, 1.807) is 22.9 Å². The molecule has 2 aliphatic heterocycles. The molecule has 7 heteroatoms. The van der Waals surface area contributed by atoms with Gasteiger partial charge in [-0.15, -0.1) is 11.8 Å². The van der Waals surface area contributed by atoms with Crippen molar-refractivity contribution in [2.75, 3.05) is 35.6 Å². The highest BCUT2D eigenvalue weighted by Crippen LogP contribution is 2.32. The summed E-state index contributed by atoms with van der Waals surface area (Å²) in [6, 6.07) is 11.2. The number of carbonyl (C=O) groups is 2. The van der Waals surface area contributed by atoms with E-state index in [0.29, 0.717) is 13.0 Å². The molecule has 6 nitrogen and oxygen atoms in total. The molecule has 2 aliphatic rings. The second kappa shape index (κ2) is 8.65. The van der Waals surface area contributed by atoms with E-state index < -0.39 is 0 Å². The van der Waals surface area contributed by atoms with Crippen LogP contribution in [0, 0.1) is 0 Å². The molecular formula is C21H24N4O2S. The van der Waals surface area contributed by atoms with E-state index in [0.717, 1.165) is 53.6 Å². The maximum atomic E-state index is 12.7. The number of benzene rings is 1. The fraction of sp³-hybridized carbons (Fsp3) is 0.381. The number of nitrogens with one attached hydrogen (secondary N) is 1. The predicted molar refractivity (Wildman–Crippen MR) is 112 cm³/mol. The maximum absolute atomic E-state index is 12.7. The number of hydrogen-bond acceptors (Lipinski definition) is 4. The molecule has 1 N–H and O–H groups in total. The maximum Gasteiger partial charge on any atom is 0.326 e. The molecule has 0 aliphatic carbocycles. The second-order valence-electron chi connectivity index (χ2n) is 7.07. The van der Waals surface area contributed by atoms with Gasteiger partial charge in [-0.05, 0) is 49.1 Å². The molecule has 1 fully saturated rings. The highest BCUT2D eigenvalue weighted by molar-refractivity contribution is 7.99. The molecule has 0 bridgehead atoms. The first kappa shape index (κ1) is 18.8. The lowest BCUT2D eigenvalue weighted by molar-refractivity contribution is -0.131. The van der Waals surface area contributed by atoms with E-state index in [2.05, 4.69) is 10.3 Å². The normalized spacial score (nSPS) is 16.4. The molecule has 3 amide bonds. The van der Waals surface area contributed by atoms with Crippen LogP contribution < -0.4 is 10.2 Å². The molecule has 146 valence electrons. The van der Waals surface area contributed by atoms with Crippen molar-refractivity contribution in [1.82, 2.24) is 9.88 Å². The van der Waals surface area contributed by atoms with Gasteiger partial charge in [0.05, 0.1) is 12.1 Å². The second-order valence-corrected chi connectivity index (χ2v) is 8.16. The highest BCUT2D eigenvalue weighted by atomic mass is 32.2. The van der Waals surface area contributed by atoms with Gasteiger partial charge in [-0.2, -0.15) is 0 Å². The number of anilines is 2. The zero-order chi connectivity index (χ0) is 19.3. The van der Waals surface area contributed by atoms with E-state index in [1.165, 1.54) is 6.42 Å². The number of rotatable bonds is 3. The Labute approximate surface area is 169 Å². The van der Waals surface area contributed by atoms with Crippen molar-refractivity contribution >= 4 is 35.1 Å². The molecule has 28 heavy (non-hydrogen) atoms. The number of pyridine rings is 1. The van der Waals surface area contributed by atoms with Gasteiger partial charge in [-0.25, -0.2) is 9.78 Å². The van der Waals surface area contributed by atoms with Crippen LogP contribution in [0.5, 0.6) is 0 Å². The minimum atomic E-state index is -0.160. The third kappa shape index (κ3) is 4.30. The van der Waals surface area contributed by atoms with Gasteiger partial charge >= 0.3 is 6.03 Å². The number of aromatic nitrogens is 1. The van der Waals surface area contributed by atoms with Crippen LogP contribution >= 0.6 is 11.8 Å². The first-order chi connectivity index (χ1) is 13.7. The third-order valence-corrected chi connectivity index (χ3v) is 6.08. The average molecular weight is 397 g/mol. The highest BCUT2D eigenvalue weighted by Gasteiger charge is 2.23. The van der Waals surface area contributed by atoms with Crippen LogP contribution in [0.1, 0.15) is 24.8 Å². The molecule has 1 saturated heterocycles. The molecule has 0 unspecified atom stereocenters. The van der Waals surface area contributed by atoms with Gasteiger partial charge in [-0.1, -0.05) is 12.1 Å². The van der Waals surface area contributed by atoms with Crippen LogP contribution in [0.4, 0.5) is 16.2 Å². The number of thioether (sulfide) groups is 1. The van der Waals surface area contributed by atoms with E-state index in [4.69, 9.17) is 0 Å². The lowest BCUT2D eigenvalue weighted by atomic mass is 10.1. The summed E-state index contributed by atoms with van der Waals surface area (Å²) in [4.78, 5) is 33.1. The van der Waals surface area contributed by atoms with Gasteiger partial charge in [0.2, 0.25) is 5.91 Å². The zero-order valence-corrected chi connectivity index (χ0v) is 16.6. The van der Waals surface area contributed by atoms with Crippen molar-refractivity contribution in [1.29, 1.82) is 0 Å². The Balaban J connectivity index is 1.37. The molecule has 0 radical (unpaired) electrons. The summed E-state index contributed by atoms with van der Waals surface area (Å²) in [6.45, 7) is 2.40. The van der Waals surface area contributed by atoms with Gasteiger partial charge in [0.1, 0.15) is 5.03 Å². The molecular weight excluding hydrogens is 372 g/mol. The number of urea groups is 1. The van der Waals surface area contributed by atoms with Crippen LogP contribution in [-0.4, -0.2) is 47.2 Å². The van der Waals surface area contributed by atoms with Gasteiger partial charge in [0, 0.05) is 37.3 Å². The number of piperidine rings is 1. The molecule has 4 rings (SSSR count). The van der Waals surface area contributed by atoms with Crippen LogP contribution in [0.15, 0.2) is 47.6 Å². The zero-order valence-electron chi connectivity index (χ0n) is 15.8. The van der Waals surface area contributed by atoms with Gasteiger partial charge in [0.25, 0.3) is 0 Å². The third-order valence-electron chi connectivity index (χ3n) is 5.11. The fourth-order valence-electron chi connectivity index (χ4n) is 3.59. The molecule has 3 heterocycles. The number of hydrogen-bond donors (Lipinski definition) is 1. The van der Waals surface area contributed by atoms with E-state index in [-0.39, 0.29) is 11.9 Å².